The third-order valence-corrected chi connectivity index (χ3v) is 8.22. The van der Waals surface area contributed by atoms with E-state index in [0.717, 1.165) is 46.5 Å². The minimum absolute atomic E-state index is 0.0758. The van der Waals surface area contributed by atoms with Crippen LogP contribution >= 0.6 is 0 Å². The summed E-state index contributed by atoms with van der Waals surface area (Å²) in [6.07, 6.45) is 0.826. The summed E-state index contributed by atoms with van der Waals surface area (Å²) in [5.41, 5.74) is 7.71. The molecule has 1 saturated heterocycles. The van der Waals surface area contributed by atoms with Crippen molar-refractivity contribution in [2.45, 2.75) is 32.5 Å². The summed E-state index contributed by atoms with van der Waals surface area (Å²) < 4.78 is 37.2. The van der Waals surface area contributed by atoms with Crippen molar-refractivity contribution in [2.24, 2.45) is 5.73 Å². The number of anilines is 1. The van der Waals surface area contributed by atoms with Crippen LogP contribution in [0.25, 0.3) is 0 Å². The Morgan fingerprint density at radius 1 is 0.860 bits per heavy atom. The van der Waals surface area contributed by atoms with Crippen LogP contribution in [0.4, 0.5) is 14.5 Å². The second-order valence-electron chi connectivity index (χ2n) is 10.8. The van der Waals surface area contributed by atoms with E-state index in [9.17, 15) is 18.4 Å². The predicted octanol–water partition coefficient (Wildman–Crippen LogP) is 3.72. The summed E-state index contributed by atoms with van der Waals surface area (Å²) in [7, 11) is 1.67. The lowest BCUT2D eigenvalue weighted by Crippen LogP contribution is -2.52. The molecule has 10 heteroatoms. The number of ether oxygens (including phenoxy) is 1. The van der Waals surface area contributed by atoms with Crippen molar-refractivity contribution in [2.75, 3.05) is 44.7 Å². The summed E-state index contributed by atoms with van der Waals surface area (Å²) in [6.45, 7) is 4.58. The van der Waals surface area contributed by atoms with Crippen LogP contribution in [0, 0.1) is 18.6 Å². The van der Waals surface area contributed by atoms with E-state index in [-0.39, 0.29) is 18.7 Å². The number of piperazine rings is 1. The Bertz CT molecular complexity index is 1660. The molecule has 0 aliphatic carbocycles. The lowest BCUT2D eigenvalue weighted by molar-refractivity contribution is 0.259. The van der Waals surface area contributed by atoms with Gasteiger partial charge in [0.25, 0.3) is 5.56 Å². The molecule has 0 unspecified atom stereocenters. The Morgan fingerprint density at radius 2 is 1.51 bits per heavy atom. The van der Waals surface area contributed by atoms with E-state index in [0.29, 0.717) is 37.6 Å². The first kappa shape index (κ1) is 30.2. The molecule has 5 rings (SSSR count). The van der Waals surface area contributed by atoms with Gasteiger partial charge in [-0.25, -0.2) is 13.6 Å². The van der Waals surface area contributed by atoms with E-state index >= 15 is 0 Å². The van der Waals surface area contributed by atoms with E-state index in [4.69, 9.17) is 10.5 Å². The highest BCUT2D eigenvalue weighted by molar-refractivity contribution is 5.50. The molecule has 2 N–H and O–H groups in total. The van der Waals surface area contributed by atoms with Crippen molar-refractivity contribution in [1.29, 1.82) is 0 Å². The zero-order valence-electron chi connectivity index (χ0n) is 24.5. The van der Waals surface area contributed by atoms with Gasteiger partial charge in [-0.2, -0.15) is 0 Å². The highest BCUT2D eigenvalue weighted by Gasteiger charge is 2.26. The molecule has 1 aliphatic heterocycles. The quantitative estimate of drug-likeness (QED) is 0.304. The summed E-state index contributed by atoms with van der Waals surface area (Å²) >= 11 is 0. The van der Waals surface area contributed by atoms with Gasteiger partial charge in [-0.05, 0) is 42.7 Å². The number of para-hydroxylation sites is 1. The van der Waals surface area contributed by atoms with Crippen molar-refractivity contribution in [3.63, 3.8) is 0 Å². The normalized spacial score (nSPS) is 14.6. The van der Waals surface area contributed by atoms with Crippen molar-refractivity contribution in [3.05, 3.63) is 128 Å². The summed E-state index contributed by atoms with van der Waals surface area (Å²) in [5.74, 6) is -0.648. The van der Waals surface area contributed by atoms with Gasteiger partial charge in [0.1, 0.15) is 23.1 Å². The molecule has 4 aromatic rings. The smallest absolute Gasteiger partial charge is 0.331 e. The Hall–Kier alpha value is -4.28. The molecule has 1 fully saturated rings. The fraction of sp³-hybridized carbons (Fsp3) is 0.333. The van der Waals surface area contributed by atoms with Crippen molar-refractivity contribution in [1.82, 2.24) is 14.0 Å². The maximum Gasteiger partial charge on any atom is 0.331 e. The maximum absolute atomic E-state index is 14.7. The molecule has 0 saturated carbocycles. The number of aromatic nitrogens is 2. The molecule has 0 radical (unpaired) electrons. The van der Waals surface area contributed by atoms with E-state index in [1.54, 1.807) is 14.0 Å². The lowest BCUT2D eigenvalue weighted by atomic mass is 10.1. The minimum atomic E-state index is -0.754. The fourth-order valence-electron chi connectivity index (χ4n) is 5.72. The fourth-order valence-corrected chi connectivity index (χ4v) is 5.72. The Labute approximate surface area is 249 Å². The molecule has 1 aliphatic rings. The maximum atomic E-state index is 14.7. The Morgan fingerprint density at radius 3 is 2.19 bits per heavy atom. The largest absolute Gasteiger partial charge is 0.496 e. The van der Waals surface area contributed by atoms with E-state index < -0.39 is 28.9 Å². The number of rotatable bonds is 10. The van der Waals surface area contributed by atoms with Crippen LogP contribution in [0.15, 0.2) is 82.4 Å². The number of hydrogen-bond acceptors (Lipinski definition) is 6. The van der Waals surface area contributed by atoms with Gasteiger partial charge in [0.2, 0.25) is 0 Å². The highest BCUT2D eigenvalue weighted by Crippen LogP contribution is 2.22. The van der Waals surface area contributed by atoms with Crippen LogP contribution in [0.3, 0.4) is 0 Å². The first-order valence-electron chi connectivity index (χ1n) is 14.4. The Kier molecular flexibility index (Phi) is 9.37. The molecule has 8 nitrogen and oxygen atoms in total. The third-order valence-electron chi connectivity index (χ3n) is 8.22. The van der Waals surface area contributed by atoms with E-state index in [2.05, 4.69) is 11.0 Å². The molecular formula is C33H37F2N5O3. The topological polar surface area (TPSA) is 85.7 Å². The molecule has 0 amide bonds. The number of nitrogens with two attached hydrogens (primary N) is 1. The first-order valence-corrected chi connectivity index (χ1v) is 14.4. The van der Waals surface area contributed by atoms with Crippen LogP contribution in [0.2, 0.25) is 0 Å². The summed E-state index contributed by atoms with van der Waals surface area (Å²) in [6, 6.07) is 20.1. The van der Waals surface area contributed by atoms with Crippen molar-refractivity contribution >= 4 is 5.69 Å². The van der Waals surface area contributed by atoms with Crippen LogP contribution in [-0.2, 0) is 19.5 Å². The van der Waals surface area contributed by atoms with Gasteiger partial charge in [0.05, 0.1) is 20.2 Å². The van der Waals surface area contributed by atoms with Crippen LogP contribution in [-0.4, -0.2) is 53.9 Å². The van der Waals surface area contributed by atoms with Gasteiger partial charge in [0, 0.05) is 50.0 Å². The molecular weight excluding hydrogens is 552 g/mol. The van der Waals surface area contributed by atoms with E-state index in [1.807, 2.05) is 53.4 Å². The number of benzene rings is 3. The SMILES string of the molecule is COc1ccccc1CCN1CCN(c2c(C)n(Cc3c(F)cccc3F)c(=O)n(C[C@@H](N)c3ccccc3)c2=O)CC1. The van der Waals surface area contributed by atoms with Gasteiger partial charge in [-0.15, -0.1) is 0 Å². The lowest BCUT2D eigenvalue weighted by Gasteiger charge is -2.37. The van der Waals surface area contributed by atoms with Gasteiger partial charge in [-0.3, -0.25) is 18.8 Å². The zero-order chi connectivity index (χ0) is 30.5. The summed E-state index contributed by atoms with van der Waals surface area (Å²) in [4.78, 5) is 32.0. The van der Waals surface area contributed by atoms with Crippen LogP contribution in [0.5, 0.6) is 5.75 Å². The number of nitrogens with zero attached hydrogens (tertiary/aromatic N) is 4. The van der Waals surface area contributed by atoms with Crippen LogP contribution in [0.1, 0.15) is 28.4 Å². The first-order chi connectivity index (χ1) is 20.8. The van der Waals surface area contributed by atoms with Gasteiger partial charge in [0.15, 0.2) is 0 Å². The van der Waals surface area contributed by atoms with E-state index in [1.165, 1.54) is 10.6 Å². The second-order valence-corrected chi connectivity index (χ2v) is 10.8. The monoisotopic (exact) mass is 589 g/mol. The standard InChI is InChI=1S/C33H37F2N5O3/c1-23-31(38-19-17-37(18-20-38)16-15-25-11-6-7-14-30(25)43-2)32(41)40(22-29(36)24-9-4-3-5-10-24)33(42)39(23)21-26-27(34)12-8-13-28(26)35/h3-14,29H,15-22,36H2,1-2H3/t29-/m1/s1. The number of halogens is 2. The van der Waals surface area contributed by atoms with Crippen molar-refractivity contribution < 1.29 is 13.5 Å². The van der Waals surface area contributed by atoms with Gasteiger partial charge in [-0.1, -0.05) is 54.6 Å². The number of hydrogen-bond donors (Lipinski definition) is 1. The predicted molar refractivity (Wildman–Crippen MR) is 164 cm³/mol. The molecule has 0 bridgehead atoms. The molecule has 3 aromatic carbocycles. The van der Waals surface area contributed by atoms with Gasteiger partial charge >= 0.3 is 5.69 Å². The molecule has 1 atom stereocenters. The van der Waals surface area contributed by atoms with Crippen molar-refractivity contribution in [3.8, 4) is 5.75 Å². The molecule has 1 aromatic heterocycles. The molecule has 0 spiro atoms. The molecule has 43 heavy (non-hydrogen) atoms. The Balaban J connectivity index is 1.44. The summed E-state index contributed by atoms with van der Waals surface area (Å²) in [5, 5.41) is 0. The average molecular weight is 590 g/mol. The second kappa shape index (κ2) is 13.4. The highest BCUT2D eigenvalue weighted by atomic mass is 19.1. The molecule has 226 valence electrons. The molecule has 2 heterocycles. The zero-order valence-corrected chi connectivity index (χ0v) is 24.5. The van der Waals surface area contributed by atoms with Gasteiger partial charge < -0.3 is 15.4 Å². The minimum Gasteiger partial charge on any atom is -0.496 e. The third kappa shape index (κ3) is 6.55. The van der Waals surface area contributed by atoms with Crippen LogP contribution < -0.4 is 26.6 Å². The number of methoxy groups -OCH3 is 1. The average Bonchev–Trinajstić information content (AvgIpc) is 3.02.